The van der Waals surface area contributed by atoms with Crippen LogP contribution < -0.4 is 0 Å². The molecule has 2 atom stereocenters. The van der Waals surface area contributed by atoms with Gasteiger partial charge in [-0.1, -0.05) is 6.92 Å². The Bertz CT molecular complexity index is 94.9. The van der Waals surface area contributed by atoms with Crippen molar-refractivity contribution < 1.29 is 4.39 Å². The molecule has 0 saturated carbocycles. The van der Waals surface area contributed by atoms with Gasteiger partial charge >= 0.3 is 0 Å². The Kier molecular flexibility index (Phi) is 2.06. The number of alkyl halides is 1. The molecule has 0 aromatic heterocycles. The van der Waals surface area contributed by atoms with Crippen molar-refractivity contribution in [3.63, 3.8) is 0 Å². The highest BCUT2D eigenvalue weighted by atomic mass is 19.1. The van der Waals surface area contributed by atoms with Crippen molar-refractivity contribution in [1.82, 2.24) is 4.90 Å². The molecule has 0 amide bonds. The second-order valence-corrected chi connectivity index (χ2v) is 3.04. The molecule has 0 spiro atoms. The van der Waals surface area contributed by atoms with Gasteiger partial charge < -0.3 is 4.90 Å². The zero-order chi connectivity index (χ0) is 6.85. The fraction of sp³-hybridized carbons (Fsp3) is 1.00. The van der Waals surface area contributed by atoms with Gasteiger partial charge in [0.25, 0.3) is 0 Å². The van der Waals surface area contributed by atoms with Gasteiger partial charge in [-0.15, -0.1) is 0 Å². The number of hydrogen-bond acceptors (Lipinski definition) is 1. The van der Waals surface area contributed by atoms with E-state index < -0.39 is 6.17 Å². The van der Waals surface area contributed by atoms with Crippen LogP contribution in [0.5, 0.6) is 0 Å². The molecule has 0 bridgehead atoms. The fourth-order valence-electron chi connectivity index (χ4n) is 1.17. The average Bonchev–Trinajstić information content (AvgIpc) is 1.80. The van der Waals surface area contributed by atoms with E-state index in [2.05, 4.69) is 0 Å². The van der Waals surface area contributed by atoms with Crippen LogP contribution in [0.3, 0.4) is 0 Å². The molecule has 0 radical (unpaired) electrons. The highest BCUT2D eigenvalue weighted by Crippen LogP contribution is 2.17. The van der Waals surface area contributed by atoms with Crippen LogP contribution >= 0.6 is 0 Å². The molecule has 1 nitrogen and oxygen atoms in total. The molecule has 0 aliphatic carbocycles. The maximum Gasteiger partial charge on any atom is 0.115 e. The molecule has 1 rings (SSSR count). The van der Waals surface area contributed by atoms with E-state index in [1.165, 1.54) is 0 Å². The van der Waals surface area contributed by atoms with Crippen LogP contribution in [-0.2, 0) is 0 Å². The molecule has 0 unspecified atom stereocenters. The van der Waals surface area contributed by atoms with Crippen molar-refractivity contribution in [2.24, 2.45) is 5.92 Å². The predicted molar refractivity (Wildman–Crippen MR) is 36.2 cm³/mol. The molecule has 0 aromatic rings. The molecular formula is C7H14FN. The van der Waals surface area contributed by atoms with E-state index in [4.69, 9.17) is 0 Å². The predicted octanol–water partition coefficient (Wildman–Crippen LogP) is 1.30. The highest BCUT2D eigenvalue weighted by Gasteiger charge is 2.22. The third-order valence-corrected chi connectivity index (χ3v) is 2.07. The quantitative estimate of drug-likeness (QED) is 0.479. The van der Waals surface area contributed by atoms with Gasteiger partial charge in [0, 0.05) is 6.54 Å². The van der Waals surface area contributed by atoms with Gasteiger partial charge in [0.2, 0.25) is 0 Å². The van der Waals surface area contributed by atoms with E-state index in [1.807, 2.05) is 18.9 Å². The standard InChI is InChI=1S/C7H14FN/c1-6-3-4-9(2)5-7(6)8/h6-7H,3-5H2,1-2H3/t6-,7-/m0/s1. The number of rotatable bonds is 0. The van der Waals surface area contributed by atoms with E-state index in [0.717, 1.165) is 13.0 Å². The topological polar surface area (TPSA) is 3.24 Å². The molecule has 1 heterocycles. The summed E-state index contributed by atoms with van der Waals surface area (Å²) >= 11 is 0. The van der Waals surface area contributed by atoms with Crippen molar-refractivity contribution in [3.8, 4) is 0 Å². The van der Waals surface area contributed by atoms with E-state index in [9.17, 15) is 4.39 Å². The molecule has 9 heavy (non-hydrogen) atoms. The van der Waals surface area contributed by atoms with Gasteiger partial charge in [0.1, 0.15) is 6.17 Å². The molecule has 1 fully saturated rings. The summed E-state index contributed by atoms with van der Waals surface area (Å²) in [5.74, 6) is 0.279. The van der Waals surface area contributed by atoms with Gasteiger partial charge in [0.05, 0.1) is 0 Å². The van der Waals surface area contributed by atoms with Crippen LogP contribution in [0.4, 0.5) is 4.39 Å². The third kappa shape index (κ3) is 1.65. The Morgan fingerprint density at radius 2 is 2.22 bits per heavy atom. The van der Waals surface area contributed by atoms with Crippen LogP contribution in [0.1, 0.15) is 13.3 Å². The zero-order valence-corrected chi connectivity index (χ0v) is 6.10. The van der Waals surface area contributed by atoms with E-state index in [-0.39, 0.29) is 5.92 Å². The first-order valence-corrected chi connectivity index (χ1v) is 3.53. The van der Waals surface area contributed by atoms with Gasteiger partial charge in [-0.3, -0.25) is 0 Å². The van der Waals surface area contributed by atoms with Crippen molar-refractivity contribution in [2.45, 2.75) is 19.5 Å². The Hall–Kier alpha value is -0.110. The average molecular weight is 131 g/mol. The SMILES string of the molecule is C[C@H]1CCN(C)C[C@@H]1F. The lowest BCUT2D eigenvalue weighted by molar-refractivity contribution is 0.112. The summed E-state index contributed by atoms with van der Waals surface area (Å²) in [7, 11) is 1.97. The van der Waals surface area contributed by atoms with Crippen LogP contribution in [-0.4, -0.2) is 31.2 Å². The van der Waals surface area contributed by atoms with Gasteiger partial charge in [0.15, 0.2) is 0 Å². The number of hydrogen-bond donors (Lipinski definition) is 0. The summed E-state index contributed by atoms with van der Waals surface area (Å²) in [5, 5.41) is 0. The maximum atomic E-state index is 12.8. The Morgan fingerprint density at radius 1 is 1.56 bits per heavy atom. The monoisotopic (exact) mass is 131 g/mol. The number of halogens is 1. The van der Waals surface area contributed by atoms with Crippen molar-refractivity contribution in [2.75, 3.05) is 20.1 Å². The molecule has 2 heteroatoms. The lowest BCUT2D eigenvalue weighted by Crippen LogP contribution is -2.38. The normalized spacial score (nSPS) is 39.0. The minimum atomic E-state index is -0.594. The van der Waals surface area contributed by atoms with Crippen molar-refractivity contribution in [1.29, 1.82) is 0 Å². The van der Waals surface area contributed by atoms with Gasteiger partial charge in [-0.2, -0.15) is 0 Å². The summed E-state index contributed by atoms with van der Waals surface area (Å²) in [4.78, 5) is 2.05. The third-order valence-electron chi connectivity index (χ3n) is 2.07. The number of nitrogens with zero attached hydrogens (tertiary/aromatic N) is 1. The molecule has 0 aromatic carbocycles. The lowest BCUT2D eigenvalue weighted by atomic mass is 9.98. The first-order chi connectivity index (χ1) is 4.20. The summed E-state index contributed by atoms with van der Waals surface area (Å²) in [6.07, 6.45) is 0.418. The number of piperidine rings is 1. The van der Waals surface area contributed by atoms with E-state index in [1.54, 1.807) is 0 Å². The summed E-state index contributed by atoms with van der Waals surface area (Å²) in [6.45, 7) is 3.67. The van der Waals surface area contributed by atoms with Crippen LogP contribution in [0.2, 0.25) is 0 Å². The summed E-state index contributed by atoms with van der Waals surface area (Å²) < 4.78 is 12.8. The van der Waals surface area contributed by atoms with Gasteiger partial charge in [-0.25, -0.2) is 4.39 Å². The summed E-state index contributed by atoms with van der Waals surface area (Å²) in [5.41, 5.74) is 0. The van der Waals surface area contributed by atoms with Crippen LogP contribution in [0, 0.1) is 5.92 Å². The lowest BCUT2D eigenvalue weighted by Gasteiger charge is -2.29. The Morgan fingerprint density at radius 3 is 2.67 bits per heavy atom. The molecule has 1 aliphatic rings. The van der Waals surface area contributed by atoms with Gasteiger partial charge in [-0.05, 0) is 25.9 Å². The molecular weight excluding hydrogens is 117 g/mol. The minimum Gasteiger partial charge on any atom is -0.303 e. The highest BCUT2D eigenvalue weighted by molar-refractivity contribution is 4.74. The van der Waals surface area contributed by atoms with E-state index >= 15 is 0 Å². The largest absolute Gasteiger partial charge is 0.303 e. The minimum absolute atomic E-state index is 0.279. The fourth-order valence-corrected chi connectivity index (χ4v) is 1.17. The van der Waals surface area contributed by atoms with Crippen molar-refractivity contribution >= 4 is 0 Å². The van der Waals surface area contributed by atoms with Crippen molar-refractivity contribution in [3.05, 3.63) is 0 Å². The zero-order valence-electron chi connectivity index (χ0n) is 6.10. The van der Waals surface area contributed by atoms with E-state index in [0.29, 0.717) is 6.54 Å². The number of likely N-dealkylation sites (tertiary alicyclic amines) is 1. The first-order valence-electron chi connectivity index (χ1n) is 3.53. The first kappa shape index (κ1) is 7.00. The maximum absolute atomic E-state index is 12.8. The smallest absolute Gasteiger partial charge is 0.115 e. The molecule has 54 valence electrons. The Labute approximate surface area is 55.8 Å². The summed E-state index contributed by atoms with van der Waals surface area (Å²) in [6, 6.07) is 0. The Balaban J connectivity index is 2.35. The molecule has 1 aliphatic heterocycles. The molecule has 0 N–H and O–H groups in total. The van der Waals surface area contributed by atoms with Crippen LogP contribution in [0.15, 0.2) is 0 Å². The second kappa shape index (κ2) is 2.65. The second-order valence-electron chi connectivity index (χ2n) is 3.04. The molecule has 1 saturated heterocycles. The van der Waals surface area contributed by atoms with Crippen LogP contribution in [0.25, 0.3) is 0 Å².